The highest BCUT2D eigenvalue weighted by Crippen LogP contribution is 2.33. The van der Waals surface area contributed by atoms with Gasteiger partial charge in [-0.3, -0.25) is 0 Å². The Morgan fingerprint density at radius 2 is 1.86 bits per heavy atom. The maximum atomic E-state index is 10.5. The van der Waals surface area contributed by atoms with Crippen LogP contribution >= 0.6 is 0 Å². The molecular weight excluding hydrogens is 176 g/mol. The SMILES string of the molecule is CCN1CCC(O)(C(C)(N)CC)CC1. The van der Waals surface area contributed by atoms with Crippen molar-refractivity contribution in [2.24, 2.45) is 5.73 Å². The molecule has 0 aliphatic carbocycles. The molecule has 14 heavy (non-hydrogen) atoms. The van der Waals surface area contributed by atoms with E-state index < -0.39 is 11.1 Å². The second kappa shape index (κ2) is 4.17. The van der Waals surface area contributed by atoms with E-state index in [4.69, 9.17) is 5.73 Å². The van der Waals surface area contributed by atoms with Gasteiger partial charge in [0, 0.05) is 18.6 Å². The van der Waals surface area contributed by atoms with Crippen molar-refractivity contribution in [3.05, 3.63) is 0 Å². The summed E-state index contributed by atoms with van der Waals surface area (Å²) in [5.74, 6) is 0. The fourth-order valence-corrected chi connectivity index (χ4v) is 2.14. The van der Waals surface area contributed by atoms with Crippen LogP contribution < -0.4 is 5.73 Å². The van der Waals surface area contributed by atoms with Gasteiger partial charge in [0.05, 0.1) is 5.60 Å². The Kier molecular flexibility index (Phi) is 3.56. The Morgan fingerprint density at radius 3 is 2.21 bits per heavy atom. The molecule has 1 rings (SSSR count). The van der Waals surface area contributed by atoms with Crippen molar-refractivity contribution in [3.63, 3.8) is 0 Å². The molecule has 1 saturated heterocycles. The van der Waals surface area contributed by atoms with E-state index in [1.54, 1.807) is 0 Å². The van der Waals surface area contributed by atoms with E-state index in [2.05, 4.69) is 11.8 Å². The summed E-state index contributed by atoms with van der Waals surface area (Å²) in [4.78, 5) is 2.36. The van der Waals surface area contributed by atoms with Gasteiger partial charge in [-0.1, -0.05) is 13.8 Å². The quantitative estimate of drug-likeness (QED) is 0.713. The molecule has 3 N–H and O–H groups in total. The fraction of sp³-hybridized carbons (Fsp3) is 1.00. The number of nitrogens with zero attached hydrogens (tertiary/aromatic N) is 1. The third-order valence-corrected chi connectivity index (χ3v) is 3.93. The second-order valence-electron chi connectivity index (χ2n) is 4.74. The van der Waals surface area contributed by atoms with Gasteiger partial charge in [0.2, 0.25) is 0 Å². The summed E-state index contributed by atoms with van der Waals surface area (Å²) >= 11 is 0. The van der Waals surface area contributed by atoms with Crippen LogP contribution in [0.2, 0.25) is 0 Å². The summed E-state index contributed by atoms with van der Waals surface area (Å²) in [6.07, 6.45) is 2.44. The Morgan fingerprint density at radius 1 is 1.36 bits per heavy atom. The number of likely N-dealkylation sites (tertiary alicyclic amines) is 1. The van der Waals surface area contributed by atoms with Gasteiger partial charge in [0.15, 0.2) is 0 Å². The van der Waals surface area contributed by atoms with E-state index in [0.29, 0.717) is 0 Å². The molecule has 0 amide bonds. The highest BCUT2D eigenvalue weighted by atomic mass is 16.3. The van der Waals surface area contributed by atoms with Crippen LogP contribution in [-0.2, 0) is 0 Å². The van der Waals surface area contributed by atoms with Crippen LogP contribution in [0.4, 0.5) is 0 Å². The minimum absolute atomic E-state index is 0.438. The fourth-order valence-electron chi connectivity index (χ4n) is 2.14. The number of hydrogen-bond donors (Lipinski definition) is 2. The third kappa shape index (κ3) is 2.10. The van der Waals surface area contributed by atoms with E-state index in [9.17, 15) is 5.11 Å². The minimum atomic E-state index is -0.659. The molecule has 1 heterocycles. The lowest BCUT2D eigenvalue weighted by molar-refractivity contribution is -0.0751. The van der Waals surface area contributed by atoms with Crippen molar-refractivity contribution in [1.29, 1.82) is 0 Å². The molecule has 1 atom stereocenters. The molecule has 84 valence electrons. The third-order valence-electron chi connectivity index (χ3n) is 3.93. The van der Waals surface area contributed by atoms with E-state index >= 15 is 0 Å². The van der Waals surface area contributed by atoms with Gasteiger partial charge in [-0.2, -0.15) is 0 Å². The van der Waals surface area contributed by atoms with Gasteiger partial charge in [0.1, 0.15) is 0 Å². The molecule has 0 aromatic heterocycles. The zero-order valence-corrected chi connectivity index (χ0v) is 9.71. The molecular formula is C11H24N2O. The highest BCUT2D eigenvalue weighted by Gasteiger charge is 2.44. The predicted octanol–water partition coefficient (Wildman–Crippen LogP) is 0.961. The molecule has 0 bridgehead atoms. The lowest BCUT2D eigenvalue weighted by Crippen LogP contribution is -2.62. The molecule has 1 aliphatic heterocycles. The Labute approximate surface area is 87.3 Å². The molecule has 1 aliphatic rings. The van der Waals surface area contributed by atoms with Crippen LogP contribution in [0.3, 0.4) is 0 Å². The molecule has 3 heteroatoms. The topological polar surface area (TPSA) is 49.5 Å². The summed E-state index contributed by atoms with van der Waals surface area (Å²) in [5, 5.41) is 10.5. The van der Waals surface area contributed by atoms with Gasteiger partial charge >= 0.3 is 0 Å². The van der Waals surface area contributed by atoms with Gasteiger partial charge in [-0.25, -0.2) is 0 Å². The first-order valence-corrected chi connectivity index (χ1v) is 5.69. The van der Waals surface area contributed by atoms with Crippen LogP contribution in [-0.4, -0.2) is 40.8 Å². The summed E-state index contributed by atoms with van der Waals surface area (Å²) in [7, 11) is 0. The standard InChI is InChI=1S/C11H24N2O/c1-4-10(3,12)11(14)6-8-13(5-2)9-7-11/h14H,4-9,12H2,1-3H3. The van der Waals surface area contributed by atoms with Crippen LogP contribution in [0.25, 0.3) is 0 Å². The highest BCUT2D eigenvalue weighted by molar-refractivity contribution is 5.02. The van der Waals surface area contributed by atoms with E-state index in [0.717, 1.165) is 38.9 Å². The van der Waals surface area contributed by atoms with Crippen LogP contribution in [0.15, 0.2) is 0 Å². The van der Waals surface area contributed by atoms with Crippen molar-refractivity contribution >= 4 is 0 Å². The maximum Gasteiger partial charge on any atom is 0.0847 e. The first-order chi connectivity index (χ1) is 6.45. The zero-order chi connectivity index (χ0) is 10.8. The largest absolute Gasteiger partial charge is 0.388 e. The molecule has 0 saturated carbocycles. The number of aliphatic hydroxyl groups is 1. The Balaban J connectivity index is 2.61. The lowest BCUT2D eigenvalue weighted by atomic mass is 9.74. The average Bonchev–Trinajstić information content (AvgIpc) is 2.19. The van der Waals surface area contributed by atoms with Crippen LogP contribution in [0.5, 0.6) is 0 Å². The lowest BCUT2D eigenvalue weighted by Gasteiger charge is -2.47. The van der Waals surface area contributed by atoms with Crippen molar-refractivity contribution < 1.29 is 5.11 Å². The summed E-state index contributed by atoms with van der Waals surface area (Å²) < 4.78 is 0. The van der Waals surface area contributed by atoms with Gasteiger partial charge in [-0.05, 0) is 32.7 Å². The van der Waals surface area contributed by atoms with E-state index in [-0.39, 0.29) is 0 Å². The molecule has 0 spiro atoms. The number of nitrogens with two attached hydrogens (primary N) is 1. The molecule has 0 aromatic rings. The van der Waals surface area contributed by atoms with E-state index in [1.807, 2.05) is 13.8 Å². The normalized spacial score (nSPS) is 27.2. The second-order valence-corrected chi connectivity index (χ2v) is 4.74. The first kappa shape index (κ1) is 12.0. The Hall–Kier alpha value is -0.120. The van der Waals surface area contributed by atoms with Crippen molar-refractivity contribution in [2.75, 3.05) is 19.6 Å². The average molecular weight is 200 g/mol. The molecule has 3 nitrogen and oxygen atoms in total. The van der Waals surface area contributed by atoms with E-state index in [1.165, 1.54) is 0 Å². The minimum Gasteiger partial charge on any atom is -0.388 e. The number of rotatable bonds is 3. The van der Waals surface area contributed by atoms with Gasteiger partial charge in [0.25, 0.3) is 0 Å². The monoisotopic (exact) mass is 200 g/mol. The first-order valence-electron chi connectivity index (χ1n) is 5.69. The molecule has 0 aromatic carbocycles. The summed E-state index contributed by atoms with van der Waals surface area (Å²) in [5.41, 5.74) is 5.05. The zero-order valence-electron chi connectivity index (χ0n) is 9.71. The Bertz CT molecular complexity index is 184. The predicted molar refractivity (Wildman–Crippen MR) is 59.2 cm³/mol. The van der Waals surface area contributed by atoms with Crippen molar-refractivity contribution in [1.82, 2.24) is 4.90 Å². The van der Waals surface area contributed by atoms with Crippen LogP contribution in [0.1, 0.15) is 40.0 Å². The smallest absolute Gasteiger partial charge is 0.0847 e. The summed E-state index contributed by atoms with van der Waals surface area (Å²) in [6, 6.07) is 0. The van der Waals surface area contributed by atoms with Gasteiger partial charge < -0.3 is 15.7 Å². The molecule has 0 radical (unpaired) electrons. The number of hydrogen-bond acceptors (Lipinski definition) is 3. The van der Waals surface area contributed by atoms with Gasteiger partial charge in [-0.15, -0.1) is 0 Å². The maximum absolute atomic E-state index is 10.5. The molecule has 1 fully saturated rings. The van der Waals surface area contributed by atoms with Crippen LogP contribution in [0, 0.1) is 0 Å². The summed E-state index contributed by atoms with van der Waals surface area (Å²) in [6.45, 7) is 9.19. The number of piperidine rings is 1. The van der Waals surface area contributed by atoms with Crippen molar-refractivity contribution in [2.45, 2.75) is 51.2 Å². The van der Waals surface area contributed by atoms with Crippen molar-refractivity contribution in [3.8, 4) is 0 Å². The molecule has 1 unspecified atom stereocenters.